The highest BCUT2D eigenvalue weighted by Gasteiger charge is 2.46. The van der Waals surface area contributed by atoms with Crippen molar-refractivity contribution in [1.82, 2.24) is 20.1 Å². The summed E-state index contributed by atoms with van der Waals surface area (Å²) in [5, 5.41) is -0.0846. The van der Waals surface area contributed by atoms with E-state index in [4.69, 9.17) is 0 Å². The van der Waals surface area contributed by atoms with E-state index in [1.165, 1.54) is 11.9 Å². The number of hydrazine groups is 1. The van der Waals surface area contributed by atoms with Gasteiger partial charge in [-0.3, -0.25) is 9.59 Å². The van der Waals surface area contributed by atoms with Crippen LogP contribution >= 0.6 is 11.9 Å². The molecule has 4 unspecified atom stereocenters. The van der Waals surface area contributed by atoms with Crippen molar-refractivity contribution in [1.29, 1.82) is 0 Å². The maximum absolute atomic E-state index is 13.0. The monoisotopic (exact) mass is 326 g/mol. The smallest absolute Gasteiger partial charge is 0.239 e. The Bertz CT molecular complexity index is 461. The van der Waals surface area contributed by atoms with Crippen LogP contribution in [0.1, 0.15) is 46.5 Å². The van der Waals surface area contributed by atoms with Gasteiger partial charge in [0.15, 0.2) is 0 Å². The van der Waals surface area contributed by atoms with Crippen molar-refractivity contribution in [2.24, 2.45) is 0 Å². The minimum atomic E-state index is -0.0846. The lowest BCUT2D eigenvalue weighted by molar-refractivity contribution is -0.152. The van der Waals surface area contributed by atoms with Crippen molar-refractivity contribution in [2.45, 2.75) is 75.9 Å². The molecule has 3 rings (SSSR count). The molecule has 2 aliphatic heterocycles. The van der Waals surface area contributed by atoms with Crippen LogP contribution in [0.15, 0.2) is 0 Å². The van der Waals surface area contributed by atoms with E-state index in [0.29, 0.717) is 6.54 Å². The number of nitrogens with one attached hydrogen (secondary N) is 2. The van der Waals surface area contributed by atoms with Crippen LogP contribution in [0.2, 0.25) is 0 Å². The van der Waals surface area contributed by atoms with Crippen LogP contribution < -0.4 is 10.3 Å². The van der Waals surface area contributed by atoms with E-state index in [1.807, 2.05) is 11.8 Å². The van der Waals surface area contributed by atoms with Gasteiger partial charge in [0, 0.05) is 25.6 Å². The van der Waals surface area contributed by atoms with Gasteiger partial charge in [0.05, 0.1) is 12.1 Å². The van der Waals surface area contributed by atoms with Crippen LogP contribution in [0.4, 0.5) is 0 Å². The standard InChI is InChI=1S/C15H26N4O2S/c1-9-8-18(15(21)14-10(2)16-17-22-14)12-6-4-5-7-13(12)19(9)11(3)20/h9-10,12-14,16-17H,4-8H2,1-3H3/t9-,10?,12?,13?,14?/m0/s1. The number of hydrogen-bond acceptors (Lipinski definition) is 5. The van der Waals surface area contributed by atoms with Gasteiger partial charge in [-0.2, -0.15) is 0 Å². The molecule has 7 heteroatoms. The van der Waals surface area contributed by atoms with Gasteiger partial charge in [0.25, 0.3) is 0 Å². The summed E-state index contributed by atoms with van der Waals surface area (Å²) in [6.45, 7) is 6.41. The van der Waals surface area contributed by atoms with Crippen LogP contribution in [0.3, 0.4) is 0 Å². The Morgan fingerprint density at radius 3 is 2.41 bits per heavy atom. The third kappa shape index (κ3) is 2.74. The Labute approximate surface area is 136 Å². The van der Waals surface area contributed by atoms with E-state index in [1.54, 1.807) is 6.92 Å². The molecule has 6 nitrogen and oxygen atoms in total. The number of carbonyl (C=O) groups excluding carboxylic acids is 2. The predicted molar refractivity (Wildman–Crippen MR) is 86.9 cm³/mol. The first-order valence-corrected chi connectivity index (χ1v) is 9.14. The zero-order chi connectivity index (χ0) is 15.9. The zero-order valence-electron chi connectivity index (χ0n) is 13.5. The molecule has 0 aromatic heterocycles. The summed E-state index contributed by atoms with van der Waals surface area (Å²) in [6.07, 6.45) is 4.33. The summed E-state index contributed by atoms with van der Waals surface area (Å²) < 4.78 is 0. The highest BCUT2D eigenvalue weighted by atomic mass is 32.2. The molecule has 22 heavy (non-hydrogen) atoms. The Balaban J connectivity index is 1.82. The molecule has 3 aliphatic rings. The Hall–Kier alpha value is -0.790. The van der Waals surface area contributed by atoms with Crippen molar-refractivity contribution in [3.05, 3.63) is 0 Å². The first-order valence-electron chi connectivity index (χ1n) is 8.26. The fourth-order valence-corrected chi connectivity index (χ4v) is 5.10. The molecule has 1 aliphatic carbocycles. The zero-order valence-corrected chi connectivity index (χ0v) is 14.4. The van der Waals surface area contributed by atoms with Crippen LogP contribution in [-0.2, 0) is 9.59 Å². The Morgan fingerprint density at radius 1 is 1.14 bits per heavy atom. The molecule has 2 saturated heterocycles. The van der Waals surface area contributed by atoms with Gasteiger partial charge in [-0.1, -0.05) is 24.8 Å². The average Bonchev–Trinajstić information content (AvgIpc) is 2.91. The summed E-state index contributed by atoms with van der Waals surface area (Å²) >= 11 is 1.47. The fourth-order valence-electron chi connectivity index (χ4n) is 4.21. The summed E-state index contributed by atoms with van der Waals surface area (Å²) in [5.74, 6) is 0.352. The van der Waals surface area contributed by atoms with Crippen molar-refractivity contribution < 1.29 is 9.59 Å². The van der Waals surface area contributed by atoms with E-state index in [-0.39, 0.29) is 41.2 Å². The molecule has 2 amide bonds. The van der Waals surface area contributed by atoms with Crippen molar-refractivity contribution in [2.75, 3.05) is 6.54 Å². The lowest BCUT2D eigenvalue weighted by Crippen LogP contribution is -2.67. The molecule has 1 saturated carbocycles. The minimum absolute atomic E-state index is 0.0846. The molecule has 5 atom stereocenters. The molecule has 124 valence electrons. The molecule has 0 spiro atoms. The van der Waals surface area contributed by atoms with Gasteiger partial charge in [0.2, 0.25) is 11.8 Å². The average molecular weight is 326 g/mol. The van der Waals surface area contributed by atoms with E-state index in [2.05, 4.69) is 22.1 Å². The number of carbonyl (C=O) groups is 2. The van der Waals surface area contributed by atoms with Crippen molar-refractivity contribution in [3.63, 3.8) is 0 Å². The van der Waals surface area contributed by atoms with Crippen LogP contribution in [0.25, 0.3) is 0 Å². The van der Waals surface area contributed by atoms with Crippen molar-refractivity contribution in [3.8, 4) is 0 Å². The second-order valence-corrected chi connectivity index (χ2v) is 7.71. The highest BCUT2D eigenvalue weighted by Crippen LogP contribution is 2.34. The first-order chi connectivity index (χ1) is 10.5. The Morgan fingerprint density at radius 2 is 1.82 bits per heavy atom. The van der Waals surface area contributed by atoms with E-state index in [9.17, 15) is 9.59 Å². The molecule has 0 radical (unpaired) electrons. The molecule has 2 heterocycles. The predicted octanol–water partition coefficient (Wildman–Crippen LogP) is 0.890. The van der Waals surface area contributed by atoms with E-state index >= 15 is 0 Å². The van der Waals surface area contributed by atoms with Crippen LogP contribution in [-0.4, -0.2) is 57.6 Å². The third-order valence-electron chi connectivity index (χ3n) is 5.20. The maximum atomic E-state index is 13.0. The minimum Gasteiger partial charge on any atom is -0.335 e. The summed E-state index contributed by atoms with van der Waals surface area (Å²) in [4.78, 5) is 32.2. The highest BCUT2D eigenvalue weighted by molar-refractivity contribution is 7.99. The summed E-state index contributed by atoms with van der Waals surface area (Å²) in [6, 6.07) is 0.612. The number of hydrogen-bond donors (Lipinski definition) is 2. The molecule has 0 aromatic rings. The topological polar surface area (TPSA) is 64.7 Å². The van der Waals surface area contributed by atoms with Crippen LogP contribution in [0, 0.1) is 0 Å². The van der Waals surface area contributed by atoms with E-state index in [0.717, 1.165) is 25.7 Å². The normalized spacial score (nSPS) is 38.8. The molecule has 3 fully saturated rings. The summed E-state index contributed by atoms with van der Waals surface area (Å²) in [5.41, 5.74) is 3.10. The first kappa shape index (κ1) is 16.1. The summed E-state index contributed by atoms with van der Waals surface area (Å²) in [7, 11) is 0. The largest absolute Gasteiger partial charge is 0.335 e. The van der Waals surface area contributed by atoms with Gasteiger partial charge in [-0.15, -0.1) is 0 Å². The van der Waals surface area contributed by atoms with E-state index < -0.39 is 0 Å². The van der Waals surface area contributed by atoms with Crippen molar-refractivity contribution >= 4 is 23.8 Å². The molecule has 2 N–H and O–H groups in total. The second-order valence-electron chi connectivity index (χ2n) is 6.76. The lowest BCUT2D eigenvalue weighted by Gasteiger charge is -2.53. The van der Waals surface area contributed by atoms with Gasteiger partial charge in [-0.05, 0) is 26.7 Å². The fraction of sp³-hybridized carbons (Fsp3) is 0.867. The Kier molecular flexibility index (Phi) is 4.66. The van der Waals surface area contributed by atoms with Gasteiger partial charge >= 0.3 is 0 Å². The molecule has 0 bridgehead atoms. The number of amides is 2. The molecule has 0 aromatic carbocycles. The second kappa shape index (κ2) is 6.37. The van der Waals surface area contributed by atoms with Gasteiger partial charge in [-0.25, -0.2) is 10.3 Å². The molecular formula is C15H26N4O2S. The number of rotatable bonds is 1. The number of piperazine rings is 1. The maximum Gasteiger partial charge on any atom is 0.239 e. The molecular weight excluding hydrogens is 300 g/mol. The van der Waals surface area contributed by atoms with Crippen LogP contribution in [0.5, 0.6) is 0 Å². The SMILES string of the molecule is CC(=O)N1C2CCCCC2N(C(=O)C2SNNC2C)C[C@@H]1C. The van der Waals surface area contributed by atoms with Gasteiger partial charge in [0.1, 0.15) is 5.25 Å². The lowest BCUT2D eigenvalue weighted by atomic mass is 9.84. The third-order valence-corrected chi connectivity index (χ3v) is 6.30. The number of nitrogens with zero attached hydrogens (tertiary/aromatic N) is 2. The quantitative estimate of drug-likeness (QED) is 0.701. The van der Waals surface area contributed by atoms with Gasteiger partial charge < -0.3 is 9.80 Å². The number of fused-ring (bicyclic) bond motifs is 1.